The highest BCUT2D eigenvalue weighted by Gasteiger charge is 2.26. The van der Waals surface area contributed by atoms with E-state index in [1.54, 1.807) is 0 Å². The van der Waals surface area contributed by atoms with Crippen molar-refractivity contribution < 1.29 is 15.0 Å². The normalized spacial score (nSPS) is 24.5. The highest BCUT2D eigenvalue weighted by atomic mass is 16.4. The molecule has 0 aliphatic carbocycles. The second kappa shape index (κ2) is 5.98. The Labute approximate surface area is 84.5 Å². The second-order valence-corrected chi connectivity index (χ2v) is 3.82. The molecular weight excluding hydrogens is 182 g/mol. The molecule has 1 atom stereocenters. The van der Waals surface area contributed by atoms with E-state index in [4.69, 9.17) is 10.2 Å². The molecule has 0 aromatic heterocycles. The standard InChI is InChI=1S/C10H19NO3/c12-8-4-7-11-6-3-1-2-5-9(11)10(13)14/h9,12H,1-8H2,(H,13,14). The summed E-state index contributed by atoms with van der Waals surface area (Å²) >= 11 is 0. The monoisotopic (exact) mass is 201 g/mol. The van der Waals surface area contributed by atoms with Crippen molar-refractivity contribution in [3.05, 3.63) is 0 Å². The lowest BCUT2D eigenvalue weighted by molar-refractivity contribution is -0.143. The molecular formula is C10H19NO3. The summed E-state index contributed by atoms with van der Waals surface area (Å²) in [6, 6.07) is -0.330. The van der Waals surface area contributed by atoms with Crippen molar-refractivity contribution in [3.63, 3.8) is 0 Å². The third-order valence-electron chi connectivity index (χ3n) is 2.75. The zero-order valence-corrected chi connectivity index (χ0v) is 8.48. The molecule has 1 aliphatic rings. The van der Waals surface area contributed by atoms with Crippen LogP contribution in [-0.4, -0.2) is 46.8 Å². The lowest BCUT2D eigenvalue weighted by atomic mass is 10.1. The van der Waals surface area contributed by atoms with Gasteiger partial charge in [0.15, 0.2) is 0 Å². The number of aliphatic carboxylic acids is 1. The fraction of sp³-hybridized carbons (Fsp3) is 0.900. The number of carboxylic acids is 1. The quantitative estimate of drug-likeness (QED) is 0.703. The van der Waals surface area contributed by atoms with Crippen LogP contribution < -0.4 is 0 Å². The fourth-order valence-electron chi connectivity index (χ4n) is 1.99. The van der Waals surface area contributed by atoms with E-state index in [0.29, 0.717) is 13.0 Å². The average Bonchev–Trinajstić information content (AvgIpc) is 2.39. The number of likely N-dealkylation sites (tertiary alicyclic amines) is 1. The van der Waals surface area contributed by atoms with Gasteiger partial charge in [-0.2, -0.15) is 0 Å². The predicted molar refractivity (Wildman–Crippen MR) is 53.2 cm³/mol. The van der Waals surface area contributed by atoms with E-state index in [-0.39, 0.29) is 12.6 Å². The van der Waals surface area contributed by atoms with Gasteiger partial charge in [-0.15, -0.1) is 0 Å². The molecule has 0 saturated carbocycles. The number of aliphatic hydroxyl groups excluding tert-OH is 1. The first-order valence-electron chi connectivity index (χ1n) is 5.33. The summed E-state index contributed by atoms with van der Waals surface area (Å²) in [6.07, 6.45) is 4.63. The van der Waals surface area contributed by atoms with Gasteiger partial charge in [0.25, 0.3) is 0 Å². The molecule has 1 aliphatic heterocycles. The van der Waals surface area contributed by atoms with Crippen LogP contribution in [0.15, 0.2) is 0 Å². The number of carbonyl (C=O) groups is 1. The lowest BCUT2D eigenvalue weighted by Crippen LogP contribution is -2.41. The van der Waals surface area contributed by atoms with Crippen molar-refractivity contribution in [2.45, 2.75) is 38.1 Å². The highest BCUT2D eigenvalue weighted by Crippen LogP contribution is 2.17. The van der Waals surface area contributed by atoms with Crippen LogP contribution >= 0.6 is 0 Å². The summed E-state index contributed by atoms with van der Waals surface area (Å²) in [4.78, 5) is 13.0. The van der Waals surface area contributed by atoms with Gasteiger partial charge in [-0.25, -0.2) is 0 Å². The van der Waals surface area contributed by atoms with E-state index >= 15 is 0 Å². The van der Waals surface area contributed by atoms with E-state index in [1.165, 1.54) is 0 Å². The van der Waals surface area contributed by atoms with Crippen LogP contribution in [0, 0.1) is 0 Å². The molecule has 1 fully saturated rings. The summed E-state index contributed by atoms with van der Waals surface area (Å²) in [5.41, 5.74) is 0. The van der Waals surface area contributed by atoms with E-state index in [0.717, 1.165) is 32.2 Å². The zero-order valence-electron chi connectivity index (χ0n) is 8.48. The van der Waals surface area contributed by atoms with Gasteiger partial charge >= 0.3 is 5.97 Å². The smallest absolute Gasteiger partial charge is 0.320 e. The summed E-state index contributed by atoms with van der Waals surface area (Å²) in [5.74, 6) is -0.718. The van der Waals surface area contributed by atoms with Gasteiger partial charge in [0.05, 0.1) is 0 Å². The molecule has 1 heterocycles. The molecule has 1 unspecified atom stereocenters. The van der Waals surface area contributed by atoms with Crippen LogP contribution in [0.2, 0.25) is 0 Å². The second-order valence-electron chi connectivity index (χ2n) is 3.82. The first-order valence-corrected chi connectivity index (χ1v) is 5.33. The van der Waals surface area contributed by atoms with Crippen LogP contribution in [0.5, 0.6) is 0 Å². The highest BCUT2D eigenvalue weighted by molar-refractivity contribution is 5.73. The van der Waals surface area contributed by atoms with E-state index in [2.05, 4.69) is 0 Å². The maximum Gasteiger partial charge on any atom is 0.320 e. The van der Waals surface area contributed by atoms with E-state index in [9.17, 15) is 4.79 Å². The Bertz CT molecular complexity index is 184. The maximum absolute atomic E-state index is 11.0. The maximum atomic E-state index is 11.0. The molecule has 0 aromatic carbocycles. The minimum absolute atomic E-state index is 0.142. The topological polar surface area (TPSA) is 60.8 Å². The Balaban J connectivity index is 2.50. The number of aliphatic hydroxyl groups is 1. The summed E-state index contributed by atoms with van der Waals surface area (Å²) < 4.78 is 0. The van der Waals surface area contributed by atoms with Crippen LogP contribution in [0.25, 0.3) is 0 Å². The Morgan fingerprint density at radius 1 is 1.36 bits per heavy atom. The summed E-state index contributed by atoms with van der Waals surface area (Å²) in [6.45, 7) is 1.70. The van der Waals surface area contributed by atoms with Crippen LogP contribution in [0.4, 0.5) is 0 Å². The molecule has 1 rings (SSSR count). The number of carboxylic acid groups (broad SMARTS) is 1. The molecule has 0 amide bonds. The van der Waals surface area contributed by atoms with Gasteiger partial charge in [0, 0.05) is 13.2 Å². The first kappa shape index (κ1) is 11.5. The van der Waals surface area contributed by atoms with Gasteiger partial charge in [-0.05, 0) is 25.8 Å². The largest absolute Gasteiger partial charge is 0.480 e. The number of hydrogen-bond acceptors (Lipinski definition) is 3. The van der Waals surface area contributed by atoms with Crippen LogP contribution in [0.1, 0.15) is 32.1 Å². The molecule has 14 heavy (non-hydrogen) atoms. The Hall–Kier alpha value is -0.610. The zero-order chi connectivity index (χ0) is 10.4. The van der Waals surface area contributed by atoms with Crippen molar-refractivity contribution in [2.75, 3.05) is 19.7 Å². The number of nitrogens with zero attached hydrogens (tertiary/aromatic N) is 1. The molecule has 0 aromatic rings. The van der Waals surface area contributed by atoms with Crippen molar-refractivity contribution >= 4 is 5.97 Å². The fourth-order valence-corrected chi connectivity index (χ4v) is 1.99. The third kappa shape index (κ3) is 3.27. The van der Waals surface area contributed by atoms with Gasteiger partial charge in [-0.3, -0.25) is 9.69 Å². The molecule has 82 valence electrons. The van der Waals surface area contributed by atoms with Gasteiger partial charge in [0.2, 0.25) is 0 Å². The van der Waals surface area contributed by atoms with Gasteiger partial charge < -0.3 is 10.2 Å². The lowest BCUT2D eigenvalue weighted by Gasteiger charge is -2.26. The Morgan fingerprint density at radius 3 is 2.79 bits per heavy atom. The van der Waals surface area contributed by atoms with E-state index in [1.807, 2.05) is 4.90 Å². The van der Waals surface area contributed by atoms with Crippen LogP contribution in [0.3, 0.4) is 0 Å². The number of rotatable bonds is 4. The minimum atomic E-state index is -0.718. The molecule has 0 spiro atoms. The minimum Gasteiger partial charge on any atom is -0.480 e. The summed E-state index contributed by atoms with van der Waals surface area (Å²) in [5, 5.41) is 17.7. The van der Waals surface area contributed by atoms with Gasteiger partial charge in [-0.1, -0.05) is 12.8 Å². The average molecular weight is 201 g/mol. The molecule has 2 N–H and O–H groups in total. The van der Waals surface area contributed by atoms with Crippen molar-refractivity contribution in [1.82, 2.24) is 4.90 Å². The molecule has 0 bridgehead atoms. The van der Waals surface area contributed by atoms with Crippen molar-refractivity contribution in [3.8, 4) is 0 Å². The third-order valence-corrected chi connectivity index (χ3v) is 2.75. The number of hydrogen-bond donors (Lipinski definition) is 2. The van der Waals surface area contributed by atoms with Crippen molar-refractivity contribution in [2.24, 2.45) is 0 Å². The first-order chi connectivity index (χ1) is 6.75. The summed E-state index contributed by atoms with van der Waals surface area (Å²) in [7, 11) is 0. The SMILES string of the molecule is O=C(O)C1CCCCCN1CCCO. The molecule has 4 heteroatoms. The Kier molecular flexibility index (Phi) is 4.90. The Morgan fingerprint density at radius 2 is 2.14 bits per heavy atom. The molecule has 0 radical (unpaired) electrons. The van der Waals surface area contributed by atoms with Gasteiger partial charge in [0.1, 0.15) is 6.04 Å². The predicted octanol–water partition coefficient (Wildman–Crippen LogP) is 0.698. The van der Waals surface area contributed by atoms with Crippen LogP contribution in [-0.2, 0) is 4.79 Å². The van der Waals surface area contributed by atoms with E-state index < -0.39 is 5.97 Å². The molecule has 4 nitrogen and oxygen atoms in total. The van der Waals surface area contributed by atoms with Crippen molar-refractivity contribution in [1.29, 1.82) is 0 Å². The molecule has 1 saturated heterocycles.